The van der Waals surface area contributed by atoms with Crippen LogP contribution >= 0.6 is 99.9 Å². The second-order valence-corrected chi connectivity index (χ2v) is 43.1. The molecule has 0 atom stereocenters. The molecule has 10 N–H and O–H groups in total. The molecule has 0 amide bonds. The number of nitrogens with one attached hydrogen (secondary N) is 1. The third-order valence-electron chi connectivity index (χ3n) is 21.6. The van der Waals surface area contributed by atoms with Crippen LogP contribution in [0.25, 0.3) is 30.4 Å². The van der Waals surface area contributed by atoms with Crippen LogP contribution in [0.15, 0.2) is 193 Å². The molecule has 1 aliphatic heterocycles. The Balaban J connectivity index is 0.000000298. The van der Waals surface area contributed by atoms with Crippen LogP contribution in [0.1, 0.15) is 167 Å². The summed E-state index contributed by atoms with van der Waals surface area (Å²) in [7, 11) is 2.99. The molecule has 0 spiro atoms. The van der Waals surface area contributed by atoms with Gasteiger partial charge in [-0.1, -0.05) is 133 Å². The molecule has 2 saturated carbocycles. The minimum Gasteiger partial charge on any atom is -0.412 e. The highest BCUT2D eigenvalue weighted by molar-refractivity contribution is 9.10. The molecule has 752 valence electrons. The van der Waals surface area contributed by atoms with E-state index >= 15 is 0 Å². The number of aliphatic hydroxyl groups is 1. The molecule has 4 aromatic carbocycles. The lowest BCUT2D eigenvalue weighted by atomic mass is 9.89. The van der Waals surface area contributed by atoms with Gasteiger partial charge in [-0.25, -0.2) is 77.7 Å². The maximum Gasteiger partial charge on any atom is 0.487 e. The number of sulfone groups is 3. The second-order valence-electron chi connectivity index (χ2n) is 33.0. The van der Waals surface area contributed by atoms with Crippen LogP contribution in [-0.2, 0) is 56.1 Å². The number of nitrogens with two attached hydrogens (primary N) is 2. The third kappa shape index (κ3) is 38.9. The first-order chi connectivity index (χ1) is 64.6. The van der Waals surface area contributed by atoms with Gasteiger partial charge < -0.3 is 52.0 Å². The standard InChI is InChI=1S/C27H31ClFN5O2S.C19H14ClF2N3O2S.C13H10BrClFNO2S.C12H16BFN2O2.C8H18N2.C6H7BrN2.C6H3Cl2FS.C4H10O.2H2O/c1-18-20(9-10-22(32-18)17-37(35,36)25-6-4-5-24(29)26(25)28)8-7-19-15-30-27(31-16-19)33-21-11-13-23(14-12-21)34(2)3;1-12-14(6-5-13-9-23-19(22)24-10-13)7-8-15(25-12)11-28(26,27)17-4-2-3-16(21)18(17)20;1-8-10(14)6-5-9(17-8)7-20(18,19)12-4-2-3-11(16)13(12)15;1-11(2)12(3,4)18-13(17-11)6-5-9-7-15-10(14)16-8-9;1-10(2)8-5-3-7(9)4-6-8;1-4-5(7)2-3-6(8)9-4;7-6-4(9)2-1-3-5(6)10-8;1-2-3-4-5;;/h4-10,15-16,21,23H,11-14,17H2,1-3H3,(H,30,31,33);2-10H,11H2,1H3;2-6H,7H2,1H3;5-8H,1-4H3;7-8H,3-6,9H2,1-2H3;2-3H,1H3,(H2,8,9);1-3H;5H,2-4H2,1H3;2*1H2/b8-7+;6-5+;;6-5+;;;;;;. The van der Waals surface area contributed by atoms with Gasteiger partial charge >= 0.3 is 19.3 Å². The van der Waals surface area contributed by atoms with Crippen LogP contribution in [0.5, 0.6) is 0 Å². The molecule has 2 aliphatic carbocycles. The monoisotopic (exact) mass is 2230 g/mol. The number of rotatable bonds is 22. The smallest absolute Gasteiger partial charge is 0.412 e. The van der Waals surface area contributed by atoms with E-state index in [1.807, 2.05) is 52.8 Å². The predicted octanol–water partition coefficient (Wildman–Crippen LogP) is 21.2. The van der Waals surface area contributed by atoms with E-state index in [0.717, 1.165) is 92.2 Å². The van der Waals surface area contributed by atoms with E-state index in [2.05, 4.69) is 132 Å². The summed E-state index contributed by atoms with van der Waals surface area (Å²) < 4.78 is 167. The summed E-state index contributed by atoms with van der Waals surface area (Å²) in [6.07, 6.45) is 28.0. The topological polar surface area (TPSA) is 404 Å². The molecule has 7 aromatic heterocycles. The summed E-state index contributed by atoms with van der Waals surface area (Å²) >= 11 is 29.5. The predicted molar refractivity (Wildman–Crippen MR) is 551 cm³/mol. The van der Waals surface area contributed by atoms with E-state index in [0.29, 0.717) is 86.7 Å². The lowest BCUT2D eigenvalue weighted by molar-refractivity contribution is 0.00578. The fraction of sp³-hybridized carbons (Fsp3) is 0.347. The Morgan fingerprint density at radius 1 is 0.489 bits per heavy atom. The van der Waals surface area contributed by atoms with Crippen LogP contribution in [0.3, 0.4) is 0 Å². The van der Waals surface area contributed by atoms with Gasteiger partial charge in [0.05, 0.1) is 91.7 Å². The summed E-state index contributed by atoms with van der Waals surface area (Å²) in [6.45, 7) is 17.5. The summed E-state index contributed by atoms with van der Waals surface area (Å²) in [5, 5.41) is 10.4. The maximum absolute atomic E-state index is 13.7. The van der Waals surface area contributed by atoms with Crippen molar-refractivity contribution in [1.29, 1.82) is 0 Å². The lowest BCUT2D eigenvalue weighted by Crippen LogP contribution is -2.41. The Bertz CT molecular complexity index is 6250. The van der Waals surface area contributed by atoms with Crippen molar-refractivity contribution in [3.63, 3.8) is 0 Å². The highest BCUT2D eigenvalue weighted by Gasteiger charge is 2.50. The number of hydrogen-bond acceptors (Lipinski definition) is 25. The molecule has 3 aliphatic rings. The highest BCUT2D eigenvalue weighted by atomic mass is 79.9. The van der Waals surface area contributed by atoms with Crippen LogP contribution in [0, 0.1) is 63.1 Å². The zero-order valence-corrected chi connectivity index (χ0v) is 88.8. The molecule has 3 fully saturated rings. The summed E-state index contributed by atoms with van der Waals surface area (Å²) in [4.78, 5) is 44.1. The van der Waals surface area contributed by atoms with Crippen molar-refractivity contribution in [3.05, 3.63) is 297 Å². The number of halogens is 13. The number of aryl methyl sites for hydroxylation is 4. The Labute approximate surface area is 855 Å². The molecule has 1 saturated heterocycles. The van der Waals surface area contributed by atoms with Crippen molar-refractivity contribution in [2.45, 2.75) is 199 Å². The van der Waals surface area contributed by atoms with E-state index < -0.39 is 87.9 Å². The molecule has 26 nitrogen and oxygen atoms in total. The minimum absolute atomic E-state index is 0. The Morgan fingerprint density at radius 3 is 1.17 bits per heavy atom. The van der Waals surface area contributed by atoms with Gasteiger partial charge in [0, 0.05) is 110 Å². The molecule has 0 unspecified atom stereocenters. The zero-order valence-electron chi connectivity index (χ0n) is 78.5. The van der Waals surface area contributed by atoms with Crippen molar-refractivity contribution < 1.29 is 77.0 Å². The highest BCUT2D eigenvalue weighted by Crippen LogP contribution is 2.38. The summed E-state index contributed by atoms with van der Waals surface area (Å²) in [5.41, 5.74) is 18.1. The van der Waals surface area contributed by atoms with Gasteiger partial charge in [0.1, 0.15) is 29.1 Å². The van der Waals surface area contributed by atoms with Gasteiger partial charge in [-0.15, -0.1) is 0 Å². The van der Waals surface area contributed by atoms with E-state index in [1.165, 1.54) is 106 Å². The van der Waals surface area contributed by atoms with Gasteiger partial charge in [0.2, 0.25) is 5.95 Å². The van der Waals surface area contributed by atoms with Crippen molar-refractivity contribution in [2.75, 3.05) is 45.8 Å². The maximum atomic E-state index is 13.7. The van der Waals surface area contributed by atoms with Crippen molar-refractivity contribution >= 4 is 179 Å². The normalized spacial score (nSPS) is 15.9. The minimum atomic E-state index is -3.86. The first-order valence-electron chi connectivity index (χ1n) is 42.9. The molecule has 8 heterocycles. The Morgan fingerprint density at radius 2 is 0.835 bits per heavy atom. The van der Waals surface area contributed by atoms with Gasteiger partial charge in [0.25, 0.3) is 0 Å². The van der Waals surface area contributed by atoms with Gasteiger partial charge in [0.15, 0.2) is 29.5 Å². The lowest BCUT2D eigenvalue weighted by Gasteiger charge is -2.32. The van der Waals surface area contributed by atoms with Gasteiger partial charge in [-0.3, -0.25) is 15.0 Å². The largest absolute Gasteiger partial charge is 0.487 e. The number of hydrogen-bond donors (Lipinski definition) is 4. The number of pyridine rings is 4. The first-order valence-corrected chi connectivity index (χ1v) is 52.6. The van der Waals surface area contributed by atoms with E-state index in [9.17, 15) is 51.6 Å². The quantitative estimate of drug-likeness (QED) is 0.0278. The molecule has 11 aromatic rings. The molecule has 44 heteroatoms. The fourth-order valence-electron chi connectivity index (χ4n) is 13.1. The molecule has 0 radical (unpaired) electrons. The Hall–Kier alpha value is -8.53. The number of unbranched alkanes of at least 4 members (excludes halogenated alkanes) is 1. The number of nitrogens with zero attached hydrogens (tertiary/aromatic N) is 12. The SMILES string of the molecule is CC1(C)OB(/C=C/c2cnc(F)nc2)OC1(C)C.CCCCO.CN(C)C1CCC(N)CC1.Cc1nc(CS(=O)(=O)c2cccc(F)c2Cl)ccc1/C=C/c1cnc(F)nc1.Cc1nc(CS(=O)(=O)c2cccc(F)c2Cl)ccc1/C=C/c1cnc(NC2CCC(N(C)C)CC2)nc1.Cc1nc(CS(=O)(=O)c2cccc(F)c2Cl)ccc1Br.Cc1nc(N)ccc1Br.Fc1cccc(SCl)c1Cl.O.O. The number of aliphatic hydroxyl groups excluding tert-OH is 1. The average Bonchev–Trinajstić information content (AvgIpc) is 1.76. The van der Waals surface area contributed by atoms with Crippen molar-refractivity contribution in [2.24, 2.45) is 5.73 Å². The van der Waals surface area contributed by atoms with Gasteiger partial charge in [-0.2, -0.15) is 8.78 Å². The third-order valence-corrected chi connectivity index (χ3v) is 31.3. The van der Waals surface area contributed by atoms with E-state index in [-0.39, 0.29) is 58.4 Å². The van der Waals surface area contributed by atoms with E-state index in [4.69, 9.17) is 83.0 Å². The van der Waals surface area contributed by atoms with Crippen LogP contribution < -0.4 is 16.8 Å². The molecular formula is C95H113BBr2Cl5F6N15O11S4. The Kier molecular flexibility index (Phi) is 50.2. The summed E-state index contributed by atoms with van der Waals surface area (Å²) in [5.74, 6) is -0.906. The number of anilines is 2. The van der Waals surface area contributed by atoms with Crippen LogP contribution in [0.2, 0.25) is 20.1 Å². The van der Waals surface area contributed by atoms with Crippen molar-refractivity contribution in [1.82, 2.24) is 59.6 Å². The summed E-state index contributed by atoms with van der Waals surface area (Å²) in [6, 6.07) is 31.6. The number of benzene rings is 4. The molecule has 14 rings (SSSR count). The molecule has 139 heavy (non-hydrogen) atoms. The fourth-order valence-corrected chi connectivity index (χ4v) is 20.1. The number of aromatic nitrogens is 10. The average molecular weight is 2230 g/mol. The van der Waals surface area contributed by atoms with Gasteiger partial charge in [-0.05, 0) is 291 Å². The second kappa shape index (κ2) is 57.7. The first kappa shape index (κ1) is 121. The van der Waals surface area contributed by atoms with Crippen molar-refractivity contribution in [3.8, 4) is 0 Å². The molecule has 0 bridgehead atoms. The van der Waals surface area contributed by atoms with Crippen LogP contribution in [-0.4, -0.2) is 178 Å². The number of nitrogen functional groups attached to an aromatic ring is 1. The zero-order chi connectivity index (χ0) is 101. The molecular weight excluding hydrogens is 2120 g/mol. The van der Waals surface area contributed by atoms with Crippen LogP contribution in [0.4, 0.5) is 38.1 Å². The van der Waals surface area contributed by atoms with E-state index in [1.54, 1.807) is 112 Å².